The van der Waals surface area contributed by atoms with Crippen LogP contribution in [-0.4, -0.2) is 22.1 Å². The Labute approximate surface area is 119 Å². The van der Waals surface area contributed by atoms with Crippen molar-refractivity contribution in [2.75, 3.05) is 0 Å². The molecule has 0 fully saturated rings. The van der Waals surface area contributed by atoms with Crippen molar-refractivity contribution in [2.45, 2.75) is 32.4 Å². The number of hydrogen-bond acceptors (Lipinski definition) is 4. The molecular formula is C14H13F3N2O2. The summed E-state index contributed by atoms with van der Waals surface area (Å²) in [6, 6.07) is 7.25. The standard InChI is InChI=1S/C14H13F3N2O2/c1-3-9-4-6-10(7-5-9)12-18-13(21-19-12)8(2)11(20)14(15,16)17/h4-8H,3H2,1-2H3. The van der Waals surface area contributed by atoms with Gasteiger partial charge >= 0.3 is 6.18 Å². The van der Waals surface area contributed by atoms with Gasteiger partial charge in [-0.2, -0.15) is 18.2 Å². The molecule has 1 atom stereocenters. The lowest BCUT2D eigenvalue weighted by atomic mass is 10.1. The van der Waals surface area contributed by atoms with Gasteiger partial charge in [0.05, 0.1) is 0 Å². The molecular weight excluding hydrogens is 285 g/mol. The number of halogens is 3. The molecule has 0 saturated carbocycles. The number of aryl methyl sites for hydroxylation is 1. The second-order valence-corrected chi connectivity index (χ2v) is 4.59. The van der Waals surface area contributed by atoms with Crippen molar-refractivity contribution in [3.63, 3.8) is 0 Å². The van der Waals surface area contributed by atoms with Crippen molar-refractivity contribution in [1.29, 1.82) is 0 Å². The normalized spacial score (nSPS) is 13.2. The first-order chi connectivity index (χ1) is 9.82. The van der Waals surface area contributed by atoms with E-state index in [1.165, 1.54) is 0 Å². The molecule has 1 heterocycles. The number of ketones is 1. The molecule has 0 saturated heterocycles. The molecule has 0 bridgehead atoms. The van der Waals surface area contributed by atoms with Crippen molar-refractivity contribution >= 4 is 5.78 Å². The summed E-state index contributed by atoms with van der Waals surface area (Å²) >= 11 is 0. The molecule has 1 unspecified atom stereocenters. The zero-order valence-corrected chi connectivity index (χ0v) is 11.4. The zero-order chi connectivity index (χ0) is 15.6. The predicted octanol–water partition coefficient (Wildman–Crippen LogP) is 3.53. The van der Waals surface area contributed by atoms with Gasteiger partial charge in [0, 0.05) is 5.56 Å². The van der Waals surface area contributed by atoms with E-state index in [4.69, 9.17) is 4.52 Å². The molecule has 1 aromatic carbocycles. The number of rotatable bonds is 4. The molecule has 112 valence electrons. The second-order valence-electron chi connectivity index (χ2n) is 4.59. The van der Waals surface area contributed by atoms with E-state index in [1.54, 1.807) is 12.1 Å². The fourth-order valence-electron chi connectivity index (χ4n) is 1.78. The van der Waals surface area contributed by atoms with Gasteiger partial charge in [-0.1, -0.05) is 36.3 Å². The smallest absolute Gasteiger partial charge is 0.338 e. The first-order valence-corrected chi connectivity index (χ1v) is 6.37. The lowest BCUT2D eigenvalue weighted by Gasteiger charge is -2.08. The molecule has 0 aliphatic heterocycles. The van der Waals surface area contributed by atoms with Crippen LogP contribution in [0.2, 0.25) is 0 Å². The minimum atomic E-state index is -4.92. The summed E-state index contributed by atoms with van der Waals surface area (Å²) in [5, 5.41) is 3.62. The van der Waals surface area contributed by atoms with Gasteiger partial charge in [-0.25, -0.2) is 0 Å². The summed E-state index contributed by atoms with van der Waals surface area (Å²) in [7, 11) is 0. The Bertz CT molecular complexity index is 632. The quantitative estimate of drug-likeness (QED) is 0.866. The Hall–Kier alpha value is -2.18. The highest BCUT2D eigenvalue weighted by Gasteiger charge is 2.44. The van der Waals surface area contributed by atoms with E-state index in [9.17, 15) is 18.0 Å². The zero-order valence-electron chi connectivity index (χ0n) is 11.4. The first-order valence-electron chi connectivity index (χ1n) is 6.37. The summed E-state index contributed by atoms with van der Waals surface area (Å²) in [6.45, 7) is 3.10. The molecule has 0 radical (unpaired) electrons. The maximum atomic E-state index is 12.4. The van der Waals surface area contributed by atoms with Crippen LogP contribution >= 0.6 is 0 Å². The Morgan fingerprint density at radius 1 is 1.29 bits per heavy atom. The summed E-state index contributed by atoms with van der Waals surface area (Å²) in [6.07, 6.45) is -4.05. The van der Waals surface area contributed by atoms with Gasteiger partial charge in [-0.15, -0.1) is 0 Å². The minimum Gasteiger partial charge on any atom is -0.338 e. The number of carbonyl (C=O) groups excluding carboxylic acids is 1. The fraction of sp³-hybridized carbons (Fsp3) is 0.357. The maximum Gasteiger partial charge on any atom is 0.450 e. The van der Waals surface area contributed by atoms with Crippen molar-refractivity contribution in [2.24, 2.45) is 0 Å². The van der Waals surface area contributed by atoms with Crippen LogP contribution in [0.15, 0.2) is 28.8 Å². The van der Waals surface area contributed by atoms with Gasteiger partial charge in [0.15, 0.2) is 0 Å². The summed E-state index contributed by atoms with van der Waals surface area (Å²) in [5.74, 6) is -3.60. The van der Waals surface area contributed by atoms with Crippen LogP contribution in [0, 0.1) is 0 Å². The highest BCUT2D eigenvalue weighted by Crippen LogP contribution is 2.27. The van der Waals surface area contributed by atoms with Crippen LogP contribution < -0.4 is 0 Å². The third kappa shape index (κ3) is 3.29. The predicted molar refractivity (Wildman–Crippen MR) is 68.6 cm³/mol. The molecule has 2 rings (SSSR count). The topological polar surface area (TPSA) is 56.0 Å². The minimum absolute atomic E-state index is 0.162. The lowest BCUT2D eigenvalue weighted by molar-refractivity contribution is -0.172. The second kappa shape index (κ2) is 5.67. The van der Waals surface area contributed by atoms with Gasteiger partial charge in [0.25, 0.3) is 0 Å². The third-order valence-corrected chi connectivity index (χ3v) is 3.11. The SMILES string of the molecule is CCc1ccc(-c2noc(C(C)C(=O)C(F)(F)F)n2)cc1. The van der Waals surface area contributed by atoms with Crippen LogP contribution in [-0.2, 0) is 11.2 Å². The molecule has 1 aromatic heterocycles. The average Bonchev–Trinajstić information content (AvgIpc) is 2.94. The highest BCUT2D eigenvalue weighted by atomic mass is 19.4. The molecule has 0 spiro atoms. The van der Waals surface area contributed by atoms with Crippen molar-refractivity contribution in [1.82, 2.24) is 10.1 Å². The molecule has 2 aromatic rings. The van der Waals surface area contributed by atoms with Crippen LogP contribution in [0.4, 0.5) is 13.2 Å². The summed E-state index contributed by atoms with van der Waals surface area (Å²) in [5.41, 5.74) is 1.73. The number of nitrogens with zero attached hydrogens (tertiary/aromatic N) is 2. The van der Waals surface area contributed by atoms with E-state index < -0.39 is 17.9 Å². The van der Waals surface area contributed by atoms with E-state index >= 15 is 0 Å². The first kappa shape index (κ1) is 15.2. The summed E-state index contributed by atoms with van der Waals surface area (Å²) < 4.78 is 41.8. The molecule has 0 N–H and O–H groups in total. The fourth-order valence-corrected chi connectivity index (χ4v) is 1.78. The van der Waals surface area contributed by atoms with E-state index in [1.807, 2.05) is 19.1 Å². The van der Waals surface area contributed by atoms with Gasteiger partial charge < -0.3 is 4.52 Å². The Morgan fingerprint density at radius 2 is 1.90 bits per heavy atom. The number of benzene rings is 1. The number of aromatic nitrogens is 2. The van der Waals surface area contributed by atoms with E-state index in [0.717, 1.165) is 18.9 Å². The average molecular weight is 298 g/mol. The van der Waals surface area contributed by atoms with E-state index in [2.05, 4.69) is 10.1 Å². The van der Waals surface area contributed by atoms with E-state index in [-0.39, 0.29) is 11.7 Å². The van der Waals surface area contributed by atoms with Crippen LogP contribution in [0.5, 0.6) is 0 Å². The molecule has 21 heavy (non-hydrogen) atoms. The Balaban J connectivity index is 2.23. The number of hydrogen-bond donors (Lipinski definition) is 0. The van der Waals surface area contributed by atoms with E-state index in [0.29, 0.717) is 5.56 Å². The largest absolute Gasteiger partial charge is 0.450 e. The van der Waals surface area contributed by atoms with Crippen molar-refractivity contribution in [3.05, 3.63) is 35.7 Å². The van der Waals surface area contributed by atoms with Gasteiger partial charge in [0.2, 0.25) is 17.5 Å². The van der Waals surface area contributed by atoms with Gasteiger partial charge in [0.1, 0.15) is 5.92 Å². The van der Waals surface area contributed by atoms with Crippen LogP contribution in [0.3, 0.4) is 0 Å². The number of Topliss-reactive ketones (excluding diaryl/α,β-unsaturated/α-hetero) is 1. The Morgan fingerprint density at radius 3 is 2.43 bits per heavy atom. The molecule has 0 aliphatic rings. The molecule has 4 nitrogen and oxygen atoms in total. The lowest BCUT2D eigenvalue weighted by Crippen LogP contribution is -2.27. The number of alkyl halides is 3. The number of carbonyl (C=O) groups is 1. The molecule has 7 heteroatoms. The maximum absolute atomic E-state index is 12.4. The summed E-state index contributed by atoms with van der Waals surface area (Å²) in [4.78, 5) is 15.0. The third-order valence-electron chi connectivity index (χ3n) is 3.11. The molecule has 0 amide bonds. The van der Waals surface area contributed by atoms with Crippen molar-refractivity contribution in [3.8, 4) is 11.4 Å². The van der Waals surface area contributed by atoms with Gasteiger partial charge in [-0.3, -0.25) is 4.79 Å². The molecule has 0 aliphatic carbocycles. The van der Waals surface area contributed by atoms with Crippen LogP contribution in [0.1, 0.15) is 31.2 Å². The van der Waals surface area contributed by atoms with Crippen LogP contribution in [0.25, 0.3) is 11.4 Å². The highest BCUT2D eigenvalue weighted by molar-refractivity contribution is 5.89. The van der Waals surface area contributed by atoms with Gasteiger partial charge in [-0.05, 0) is 18.9 Å². The van der Waals surface area contributed by atoms with Crippen molar-refractivity contribution < 1.29 is 22.5 Å². The Kier molecular flexibility index (Phi) is 4.11. The monoisotopic (exact) mass is 298 g/mol.